The molecule has 432 valence electrons. The van der Waals surface area contributed by atoms with E-state index < -0.39 is 0 Å². The molecule has 0 bridgehead atoms. The molecule has 21 heteroatoms. The molecule has 6 aromatic heterocycles. The SMILES string of the molecule is COc1ccccc1C1CCN(c2cc(C3CC3CN3CCN(c4ccc(C=C(C5CCCN(c6cccc7nc(NC(=O)C8CC8)nn67)C5)N5CCCCC5)c5nc(NC(=O)C6CC6)nn45)CC3)cc3nc(NC(=O)C4CC4)nn23)CC1. The van der Waals surface area contributed by atoms with Crippen molar-refractivity contribution in [3.63, 3.8) is 0 Å². The number of para-hydroxylation sites is 1. The van der Waals surface area contributed by atoms with Gasteiger partial charge in [-0.2, -0.15) is 28.5 Å². The second-order valence-electron chi connectivity index (χ2n) is 24.8. The summed E-state index contributed by atoms with van der Waals surface area (Å²) in [6.45, 7) is 10.0. The van der Waals surface area contributed by atoms with Gasteiger partial charge >= 0.3 is 0 Å². The van der Waals surface area contributed by atoms with Crippen molar-refractivity contribution in [2.24, 2.45) is 29.6 Å². The monoisotopic (exact) mass is 1120 g/mol. The van der Waals surface area contributed by atoms with Gasteiger partial charge in [0.1, 0.15) is 23.2 Å². The van der Waals surface area contributed by atoms with E-state index in [9.17, 15) is 14.4 Å². The lowest BCUT2D eigenvalue weighted by molar-refractivity contribution is -0.118. The van der Waals surface area contributed by atoms with Crippen molar-refractivity contribution in [3.8, 4) is 5.75 Å². The van der Waals surface area contributed by atoms with Gasteiger partial charge in [-0.3, -0.25) is 35.2 Å². The van der Waals surface area contributed by atoms with Gasteiger partial charge in [0.15, 0.2) is 16.9 Å². The van der Waals surface area contributed by atoms with Crippen LogP contribution in [0.25, 0.3) is 23.0 Å². The molecule has 3 unspecified atom stereocenters. The Kier molecular flexibility index (Phi) is 13.6. The normalized spacial score (nSPS) is 22.9. The van der Waals surface area contributed by atoms with E-state index in [1.54, 1.807) is 7.11 Å². The molecule has 0 radical (unpaired) electrons. The second kappa shape index (κ2) is 21.7. The molecular formula is C62H75N17O4. The highest BCUT2D eigenvalue weighted by molar-refractivity contribution is 5.94. The van der Waals surface area contributed by atoms with Gasteiger partial charge in [-0.1, -0.05) is 24.3 Å². The number of nitrogens with one attached hydrogen (secondary N) is 3. The van der Waals surface area contributed by atoms with E-state index in [-0.39, 0.29) is 41.4 Å². The first-order valence-corrected chi connectivity index (χ1v) is 30.9. The van der Waals surface area contributed by atoms with Gasteiger partial charge in [-0.25, -0.2) is 0 Å². The Balaban J connectivity index is 0.658. The number of carbonyl (C=O) groups excluding carboxylic acids is 3. The number of hydrogen-bond donors (Lipinski definition) is 3. The number of rotatable bonds is 17. The Morgan fingerprint density at radius 2 is 1.20 bits per heavy atom. The maximum atomic E-state index is 13.2. The van der Waals surface area contributed by atoms with E-state index in [4.69, 9.17) is 30.0 Å². The van der Waals surface area contributed by atoms with Gasteiger partial charge in [0.2, 0.25) is 35.6 Å². The molecule has 4 saturated carbocycles. The summed E-state index contributed by atoms with van der Waals surface area (Å²) in [5, 5.41) is 23.8. The van der Waals surface area contributed by atoms with Gasteiger partial charge in [-0.05, 0) is 167 Å². The minimum absolute atomic E-state index is 0.000336. The Bertz CT molecular complexity index is 3630. The van der Waals surface area contributed by atoms with E-state index in [0.717, 1.165) is 196 Å². The first-order valence-electron chi connectivity index (χ1n) is 30.9. The summed E-state index contributed by atoms with van der Waals surface area (Å²) in [6, 6.07) is 23.5. The van der Waals surface area contributed by atoms with Crippen molar-refractivity contribution in [1.82, 2.24) is 53.6 Å². The average Bonchev–Trinajstić information content (AvgIpc) is 4.29. The lowest BCUT2D eigenvalue weighted by Crippen LogP contribution is -2.47. The quantitative estimate of drug-likeness (QED) is 0.0793. The molecule has 7 aromatic rings. The fraction of sp³-hybridized carbons (Fsp3) is 0.532. The number of carbonyl (C=O) groups is 3. The maximum Gasteiger partial charge on any atom is 0.249 e. The van der Waals surface area contributed by atoms with Crippen LogP contribution in [0.15, 0.2) is 72.4 Å². The fourth-order valence-corrected chi connectivity index (χ4v) is 13.7. The molecule has 8 fully saturated rings. The number of likely N-dealkylation sites (tertiary alicyclic amines) is 1. The predicted octanol–water partition coefficient (Wildman–Crippen LogP) is 7.92. The molecule has 4 aliphatic carbocycles. The number of anilines is 6. The maximum absolute atomic E-state index is 13.2. The molecular weight excluding hydrogens is 1050 g/mol. The Hall–Kier alpha value is -7.81. The summed E-state index contributed by atoms with van der Waals surface area (Å²) in [5.41, 5.74) is 7.11. The van der Waals surface area contributed by atoms with E-state index in [1.165, 1.54) is 23.2 Å². The van der Waals surface area contributed by atoms with Crippen LogP contribution in [0.2, 0.25) is 0 Å². The molecule has 3 atom stereocenters. The highest BCUT2D eigenvalue weighted by Crippen LogP contribution is 2.49. The lowest BCUT2D eigenvalue weighted by atomic mass is 9.89. The van der Waals surface area contributed by atoms with Gasteiger partial charge in [-0.15, -0.1) is 15.3 Å². The van der Waals surface area contributed by atoms with Gasteiger partial charge in [0.05, 0.1) is 7.11 Å². The van der Waals surface area contributed by atoms with E-state index in [2.05, 4.69) is 100 Å². The lowest BCUT2D eigenvalue weighted by Gasteiger charge is -2.40. The molecule has 83 heavy (non-hydrogen) atoms. The van der Waals surface area contributed by atoms with Crippen molar-refractivity contribution in [2.45, 2.75) is 102 Å². The molecule has 8 aliphatic rings. The number of aromatic nitrogens is 9. The first-order chi connectivity index (χ1) is 40.7. The van der Waals surface area contributed by atoms with Crippen LogP contribution in [0.5, 0.6) is 5.75 Å². The summed E-state index contributed by atoms with van der Waals surface area (Å²) < 4.78 is 11.6. The zero-order valence-electron chi connectivity index (χ0n) is 47.5. The van der Waals surface area contributed by atoms with Crippen LogP contribution in [-0.4, -0.2) is 150 Å². The largest absolute Gasteiger partial charge is 0.496 e. The van der Waals surface area contributed by atoms with E-state index in [0.29, 0.717) is 41.2 Å². The minimum atomic E-state index is -0.00720. The number of fused-ring (bicyclic) bond motifs is 3. The Morgan fingerprint density at radius 1 is 0.566 bits per heavy atom. The van der Waals surface area contributed by atoms with Crippen molar-refractivity contribution in [3.05, 3.63) is 89.1 Å². The van der Waals surface area contributed by atoms with Crippen LogP contribution in [0.4, 0.5) is 35.3 Å². The molecule has 4 saturated heterocycles. The highest BCUT2D eigenvalue weighted by atomic mass is 16.5. The van der Waals surface area contributed by atoms with Crippen molar-refractivity contribution < 1.29 is 19.1 Å². The van der Waals surface area contributed by atoms with Gasteiger partial charge < -0.3 is 24.3 Å². The average molecular weight is 1120 g/mol. The zero-order valence-corrected chi connectivity index (χ0v) is 47.5. The van der Waals surface area contributed by atoms with Crippen LogP contribution < -0.4 is 35.4 Å². The van der Waals surface area contributed by atoms with Gasteiger partial charge in [0.25, 0.3) is 0 Å². The highest BCUT2D eigenvalue weighted by Gasteiger charge is 2.42. The van der Waals surface area contributed by atoms with Crippen molar-refractivity contribution in [1.29, 1.82) is 0 Å². The Morgan fingerprint density at radius 3 is 1.90 bits per heavy atom. The number of nitrogens with zero attached hydrogens (tertiary/aromatic N) is 14. The first kappa shape index (κ1) is 52.0. The number of methoxy groups -OCH3 is 1. The molecule has 21 nitrogen and oxygen atoms in total. The molecule has 3 amide bonds. The third-order valence-corrected chi connectivity index (χ3v) is 18.9. The smallest absolute Gasteiger partial charge is 0.249 e. The van der Waals surface area contributed by atoms with E-state index in [1.807, 2.05) is 31.7 Å². The molecule has 10 heterocycles. The third kappa shape index (κ3) is 10.8. The molecule has 15 rings (SSSR count). The zero-order chi connectivity index (χ0) is 55.7. The molecule has 0 spiro atoms. The third-order valence-electron chi connectivity index (χ3n) is 18.9. The summed E-state index contributed by atoms with van der Waals surface area (Å²) >= 11 is 0. The van der Waals surface area contributed by atoms with Crippen LogP contribution in [0.1, 0.15) is 118 Å². The number of ether oxygens (including phenoxy) is 1. The second-order valence-corrected chi connectivity index (χ2v) is 24.8. The van der Waals surface area contributed by atoms with Crippen LogP contribution >= 0.6 is 0 Å². The molecule has 3 N–H and O–H groups in total. The number of hydrogen-bond acceptors (Lipinski definition) is 15. The van der Waals surface area contributed by atoms with Crippen molar-refractivity contribution in [2.75, 3.05) is 110 Å². The Labute approximate surface area is 482 Å². The summed E-state index contributed by atoms with van der Waals surface area (Å²) in [4.78, 5) is 66.1. The standard InChI is InChI=1S/C62H75N17O4/c1-83-50-11-4-3-10-47(50)39-22-27-74(28-23-39)55-36-45(35-52-64-61(70-78(52)55)67-58(81)41-16-17-41)48-33-46(48)37-72-29-31-75(32-30-72)54-21-20-43(56-65-62(71-79(54)56)68-59(82)42-18-19-42)34-49(73-24-5-2-6-25-73)44-9-8-26-76(38-44)53-13-7-12-51-63-60(69-77(51)53)66-57(80)40-14-15-40/h3-4,7,10-13,20-21,34-36,39-42,44,46,48H,2,5-6,8-9,14-19,22-33,37-38H2,1H3,(H,66,69,80)(H,67,70,81)(H,68,71,82). The summed E-state index contributed by atoms with van der Waals surface area (Å²) in [6.07, 6.45) is 16.6. The molecule has 1 aromatic carbocycles. The summed E-state index contributed by atoms with van der Waals surface area (Å²) in [7, 11) is 1.76. The summed E-state index contributed by atoms with van der Waals surface area (Å²) in [5.74, 6) is 6.78. The van der Waals surface area contributed by atoms with Crippen LogP contribution in [0, 0.1) is 29.6 Å². The van der Waals surface area contributed by atoms with Crippen LogP contribution in [-0.2, 0) is 14.4 Å². The number of amides is 3. The fourth-order valence-electron chi connectivity index (χ4n) is 13.7. The predicted molar refractivity (Wildman–Crippen MR) is 318 cm³/mol. The number of piperazine rings is 1. The van der Waals surface area contributed by atoms with E-state index >= 15 is 0 Å². The molecule has 4 aliphatic heterocycles. The number of piperidine rings is 3. The van der Waals surface area contributed by atoms with Crippen LogP contribution in [0.3, 0.4) is 0 Å². The number of pyridine rings is 3. The topological polar surface area (TPSA) is 203 Å². The minimum Gasteiger partial charge on any atom is -0.496 e. The van der Waals surface area contributed by atoms with Crippen molar-refractivity contribution >= 4 is 76.0 Å². The van der Waals surface area contributed by atoms with Gasteiger partial charge in [0, 0.05) is 107 Å². The number of benzene rings is 1.